The highest BCUT2D eigenvalue weighted by molar-refractivity contribution is 5.18. The number of rotatable bonds is 2. The van der Waals surface area contributed by atoms with Crippen molar-refractivity contribution < 1.29 is 0 Å². The molecule has 2 bridgehead atoms. The lowest BCUT2D eigenvalue weighted by molar-refractivity contribution is -0.130. The van der Waals surface area contributed by atoms with Crippen LogP contribution in [0.4, 0.5) is 0 Å². The molecule has 0 amide bonds. The van der Waals surface area contributed by atoms with Crippen molar-refractivity contribution in [3.8, 4) is 0 Å². The first-order valence-corrected chi connectivity index (χ1v) is 4.42. The molecule has 3 aliphatic rings. The molecule has 0 radical (unpaired) electrons. The average molecular weight is 139 g/mol. The van der Waals surface area contributed by atoms with Gasteiger partial charge in [0.15, 0.2) is 0 Å². The molecule has 1 atom stereocenters. The second-order valence-electron chi connectivity index (χ2n) is 4.41. The van der Waals surface area contributed by atoms with E-state index in [2.05, 4.69) is 26.1 Å². The highest BCUT2D eigenvalue weighted by Crippen LogP contribution is 2.61. The van der Waals surface area contributed by atoms with Crippen LogP contribution in [0.3, 0.4) is 0 Å². The Bertz CT molecular complexity index is 145. The number of nitrogens with one attached hydrogen (secondary N) is 1. The first-order valence-electron chi connectivity index (χ1n) is 4.42. The lowest BCUT2D eigenvalue weighted by Gasteiger charge is -2.68. The fraction of sp³-hybridized carbons (Fsp3) is 1.00. The largest absolute Gasteiger partial charge is 0.309 e. The fourth-order valence-corrected chi connectivity index (χ4v) is 2.56. The first-order chi connectivity index (χ1) is 4.64. The molecule has 0 aromatic carbocycles. The Hall–Kier alpha value is -0.0400. The number of hydrogen-bond acceptors (Lipinski definition) is 1. The van der Waals surface area contributed by atoms with Crippen molar-refractivity contribution in [3.63, 3.8) is 0 Å². The monoisotopic (exact) mass is 139 g/mol. The summed E-state index contributed by atoms with van der Waals surface area (Å²) in [7, 11) is 0. The molecular formula is C9H17N. The highest BCUT2D eigenvalue weighted by Gasteiger charge is 2.62. The van der Waals surface area contributed by atoms with Gasteiger partial charge in [0.1, 0.15) is 0 Å². The van der Waals surface area contributed by atoms with Gasteiger partial charge in [-0.05, 0) is 24.7 Å². The van der Waals surface area contributed by atoms with Crippen molar-refractivity contribution in [2.45, 2.75) is 45.2 Å². The van der Waals surface area contributed by atoms with E-state index in [-0.39, 0.29) is 0 Å². The molecule has 0 spiro atoms. The summed E-state index contributed by atoms with van der Waals surface area (Å²) in [5.74, 6) is 2.04. The van der Waals surface area contributed by atoms with Gasteiger partial charge in [-0.25, -0.2) is 0 Å². The molecule has 0 heterocycles. The molecule has 0 unspecified atom stereocenters. The predicted octanol–water partition coefficient (Wildman–Crippen LogP) is 1.78. The van der Waals surface area contributed by atoms with Crippen molar-refractivity contribution in [3.05, 3.63) is 0 Å². The summed E-state index contributed by atoms with van der Waals surface area (Å²) in [4.78, 5) is 0. The molecule has 3 saturated carbocycles. The Labute approximate surface area is 63.2 Å². The molecular weight excluding hydrogens is 122 g/mol. The zero-order valence-corrected chi connectivity index (χ0v) is 7.15. The van der Waals surface area contributed by atoms with Crippen molar-refractivity contribution in [1.82, 2.24) is 5.32 Å². The molecule has 1 heteroatoms. The summed E-state index contributed by atoms with van der Waals surface area (Å²) >= 11 is 0. The Morgan fingerprint density at radius 1 is 1.40 bits per heavy atom. The third-order valence-corrected chi connectivity index (χ3v) is 3.41. The van der Waals surface area contributed by atoms with Gasteiger partial charge in [0.05, 0.1) is 0 Å². The summed E-state index contributed by atoms with van der Waals surface area (Å²) < 4.78 is 0. The van der Waals surface area contributed by atoms with Crippen LogP contribution in [0.2, 0.25) is 0 Å². The van der Waals surface area contributed by atoms with Gasteiger partial charge in [-0.3, -0.25) is 0 Å². The Balaban J connectivity index is 1.92. The van der Waals surface area contributed by atoms with Crippen LogP contribution in [-0.2, 0) is 0 Å². The van der Waals surface area contributed by atoms with Gasteiger partial charge in [-0.2, -0.15) is 0 Å². The maximum atomic E-state index is 3.67. The van der Waals surface area contributed by atoms with E-state index in [1.807, 2.05) is 0 Å². The van der Waals surface area contributed by atoms with E-state index in [4.69, 9.17) is 0 Å². The van der Waals surface area contributed by atoms with Crippen LogP contribution in [0, 0.1) is 11.8 Å². The van der Waals surface area contributed by atoms with Crippen molar-refractivity contribution in [2.75, 3.05) is 0 Å². The standard InChI is InChI=1S/C9H17N/c1-6(2)10-9-4-8(5-9)7(9)3/h6-8,10H,4-5H2,1-3H3/t7-,8?,9?/m0/s1. The second-order valence-corrected chi connectivity index (χ2v) is 4.41. The highest BCUT2D eigenvalue weighted by atomic mass is 15.1. The molecule has 3 fully saturated rings. The van der Waals surface area contributed by atoms with Crippen LogP contribution in [-0.4, -0.2) is 11.6 Å². The summed E-state index contributed by atoms with van der Waals surface area (Å²) in [5.41, 5.74) is 0.596. The maximum absolute atomic E-state index is 3.67. The molecule has 0 saturated heterocycles. The summed E-state index contributed by atoms with van der Waals surface area (Å²) in [6.45, 7) is 6.87. The number of hydrogen-bond donors (Lipinski definition) is 1. The van der Waals surface area contributed by atoms with Gasteiger partial charge in [-0.15, -0.1) is 0 Å². The zero-order chi connectivity index (χ0) is 7.35. The van der Waals surface area contributed by atoms with E-state index in [0.717, 1.165) is 11.8 Å². The topological polar surface area (TPSA) is 12.0 Å². The van der Waals surface area contributed by atoms with E-state index in [1.54, 1.807) is 0 Å². The maximum Gasteiger partial charge on any atom is 0.0217 e. The Kier molecular flexibility index (Phi) is 1.17. The first kappa shape index (κ1) is 6.66. The van der Waals surface area contributed by atoms with Crippen molar-refractivity contribution in [1.29, 1.82) is 0 Å². The van der Waals surface area contributed by atoms with Crippen LogP contribution >= 0.6 is 0 Å². The summed E-state index contributed by atoms with van der Waals surface area (Å²) in [6, 6.07) is 0.670. The second kappa shape index (κ2) is 1.76. The van der Waals surface area contributed by atoms with Crippen LogP contribution in [0.5, 0.6) is 0 Å². The summed E-state index contributed by atoms with van der Waals surface area (Å²) in [5, 5.41) is 3.67. The molecule has 1 N–H and O–H groups in total. The normalized spacial score (nSPS) is 50.4. The lowest BCUT2D eigenvalue weighted by Crippen LogP contribution is -2.74. The van der Waals surface area contributed by atoms with Crippen LogP contribution in [0.25, 0.3) is 0 Å². The Morgan fingerprint density at radius 2 is 2.00 bits per heavy atom. The summed E-state index contributed by atoms with van der Waals surface area (Å²) in [6.07, 6.45) is 2.90. The average Bonchev–Trinajstić information content (AvgIpc) is 1.79. The van der Waals surface area contributed by atoms with E-state index in [0.29, 0.717) is 11.6 Å². The third-order valence-electron chi connectivity index (χ3n) is 3.41. The van der Waals surface area contributed by atoms with E-state index < -0.39 is 0 Å². The molecule has 58 valence electrons. The van der Waals surface area contributed by atoms with Gasteiger partial charge >= 0.3 is 0 Å². The fourth-order valence-electron chi connectivity index (χ4n) is 2.56. The van der Waals surface area contributed by atoms with Crippen LogP contribution in [0.1, 0.15) is 33.6 Å². The van der Waals surface area contributed by atoms with Gasteiger partial charge in [0.2, 0.25) is 0 Å². The van der Waals surface area contributed by atoms with Gasteiger partial charge in [-0.1, -0.05) is 20.8 Å². The molecule has 3 aliphatic carbocycles. The van der Waals surface area contributed by atoms with Crippen molar-refractivity contribution in [2.24, 2.45) is 11.8 Å². The lowest BCUT2D eigenvalue weighted by atomic mass is 9.43. The van der Waals surface area contributed by atoms with Crippen molar-refractivity contribution >= 4 is 0 Å². The van der Waals surface area contributed by atoms with E-state index in [9.17, 15) is 0 Å². The van der Waals surface area contributed by atoms with Crippen LogP contribution < -0.4 is 5.32 Å². The van der Waals surface area contributed by atoms with E-state index in [1.165, 1.54) is 12.8 Å². The molecule has 3 rings (SSSR count). The smallest absolute Gasteiger partial charge is 0.0217 e. The predicted molar refractivity (Wildman–Crippen MR) is 42.9 cm³/mol. The minimum absolute atomic E-state index is 0.596. The zero-order valence-electron chi connectivity index (χ0n) is 7.15. The minimum Gasteiger partial charge on any atom is -0.309 e. The molecule has 0 aromatic heterocycles. The molecule has 0 aromatic rings. The minimum atomic E-state index is 0.596. The van der Waals surface area contributed by atoms with Gasteiger partial charge < -0.3 is 5.32 Å². The quantitative estimate of drug-likeness (QED) is 0.615. The van der Waals surface area contributed by atoms with E-state index >= 15 is 0 Å². The molecule has 1 nitrogen and oxygen atoms in total. The third kappa shape index (κ3) is 0.619. The van der Waals surface area contributed by atoms with Gasteiger partial charge in [0, 0.05) is 11.6 Å². The molecule has 10 heavy (non-hydrogen) atoms. The van der Waals surface area contributed by atoms with Gasteiger partial charge in [0.25, 0.3) is 0 Å². The Morgan fingerprint density at radius 3 is 2.10 bits per heavy atom. The SMILES string of the molecule is CC(C)NC12CC(C1)[C@@H]2C. The van der Waals surface area contributed by atoms with Crippen LogP contribution in [0.15, 0.2) is 0 Å². The molecule has 0 aliphatic heterocycles.